The van der Waals surface area contributed by atoms with Crippen LogP contribution in [0.1, 0.15) is 4.88 Å². The zero-order valence-electron chi connectivity index (χ0n) is 9.48. The summed E-state index contributed by atoms with van der Waals surface area (Å²) in [5.74, 6) is 0. The maximum absolute atomic E-state index is 12.0. The quantitative estimate of drug-likeness (QED) is 0.806. The second-order valence-corrected chi connectivity index (χ2v) is 6.30. The normalized spacial score (nSPS) is 11.8. The molecule has 0 radical (unpaired) electrons. The number of aliphatic hydroxyl groups is 1. The molecule has 0 aromatic carbocycles. The Morgan fingerprint density at radius 2 is 2.33 bits per heavy atom. The minimum atomic E-state index is -3.55. The molecule has 8 heteroatoms. The summed E-state index contributed by atoms with van der Waals surface area (Å²) in [6.07, 6.45) is 5.02. The molecule has 0 spiro atoms. The van der Waals surface area contributed by atoms with Crippen LogP contribution in [-0.2, 0) is 23.2 Å². The highest BCUT2D eigenvalue weighted by Gasteiger charge is 2.18. The van der Waals surface area contributed by atoms with E-state index in [1.54, 1.807) is 28.7 Å². The first-order chi connectivity index (χ1) is 8.63. The number of aliphatic hydroxyl groups excluding tert-OH is 1. The zero-order valence-corrected chi connectivity index (χ0v) is 11.1. The largest absolute Gasteiger partial charge is 0.391 e. The Bertz CT molecular complexity index is 590. The van der Waals surface area contributed by atoms with Gasteiger partial charge in [-0.25, -0.2) is 18.1 Å². The molecular formula is C10H13N3O3S2. The molecule has 6 nitrogen and oxygen atoms in total. The van der Waals surface area contributed by atoms with Gasteiger partial charge in [-0.15, -0.1) is 11.3 Å². The molecule has 0 aliphatic rings. The predicted molar refractivity (Wildman–Crippen MR) is 67.7 cm³/mol. The van der Waals surface area contributed by atoms with Crippen molar-refractivity contribution in [2.45, 2.75) is 18.0 Å². The smallest absolute Gasteiger partial charge is 0.241 e. The molecule has 2 aromatic heterocycles. The Morgan fingerprint density at radius 3 is 3.00 bits per heavy atom. The summed E-state index contributed by atoms with van der Waals surface area (Å²) < 4.78 is 28.2. The van der Waals surface area contributed by atoms with E-state index in [4.69, 9.17) is 5.11 Å². The summed E-state index contributed by atoms with van der Waals surface area (Å²) in [7, 11) is -3.55. The molecule has 0 atom stereocenters. The number of sulfonamides is 1. The van der Waals surface area contributed by atoms with Crippen LogP contribution in [0.3, 0.4) is 0 Å². The van der Waals surface area contributed by atoms with Gasteiger partial charge in [-0.1, -0.05) is 0 Å². The Morgan fingerprint density at radius 1 is 1.50 bits per heavy atom. The highest BCUT2D eigenvalue weighted by molar-refractivity contribution is 7.89. The SMILES string of the molecule is O=S(=O)(NCCn1ccnc1)c1ccsc1CO. The van der Waals surface area contributed by atoms with Crippen LogP contribution in [0.15, 0.2) is 35.1 Å². The van der Waals surface area contributed by atoms with Crippen molar-refractivity contribution in [2.24, 2.45) is 0 Å². The maximum atomic E-state index is 12.0. The van der Waals surface area contributed by atoms with Crippen LogP contribution in [0.4, 0.5) is 0 Å². The number of nitrogens with one attached hydrogen (secondary N) is 1. The van der Waals surface area contributed by atoms with Crippen molar-refractivity contribution in [2.75, 3.05) is 6.54 Å². The number of imidazole rings is 1. The van der Waals surface area contributed by atoms with E-state index in [1.807, 2.05) is 0 Å². The number of hydrogen-bond acceptors (Lipinski definition) is 5. The Labute approximate surface area is 109 Å². The molecule has 0 fully saturated rings. The van der Waals surface area contributed by atoms with Gasteiger partial charge in [-0.2, -0.15) is 0 Å². The lowest BCUT2D eigenvalue weighted by Gasteiger charge is -2.07. The van der Waals surface area contributed by atoms with Gasteiger partial charge in [-0.05, 0) is 11.4 Å². The van der Waals surface area contributed by atoms with E-state index in [2.05, 4.69) is 9.71 Å². The average Bonchev–Trinajstić information content (AvgIpc) is 2.99. The minimum Gasteiger partial charge on any atom is -0.391 e. The fraction of sp³-hybridized carbons (Fsp3) is 0.300. The lowest BCUT2D eigenvalue weighted by molar-refractivity contribution is 0.282. The summed E-state index contributed by atoms with van der Waals surface area (Å²) in [5, 5.41) is 10.7. The van der Waals surface area contributed by atoms with E-state index >= 15 is 0 Å². The number of rotatable bonds is 6. The van der Waals surface area contributed by atoms with E-state index in [0.29, 0.717) is 11.4 Å². The van der Waals surface area contributed by atoms with Gasteiger partial charge in [0.15, 0.2) is 0 Å². The lowest BCUT2D eigenvalue weighted by Crippen LogP contribution is -2.27. The molecular weight excluding hydrogens is 274 g/mol. The highest BCUT2D eigenvalue weighted by Crippen LogP contribution is 2.21. The summed E-state index contributed by atoms with van der Waals surface area (Å²) >= 11 is 1.22. The zero-order chi connectivity index (χ0) is 13.0. The summed E-state index contributed by atoms with van der Waals surface area (Å²) in [4.78, 5) is 4.47. The van der Waals surface area contributed by atoms with Gasteiger partial charge in [0.05, 0.1) is 17.8 Å². The maximum Gasteiger partial charge on any atom is 0.241 e. The first kappa shape index (κ1) is 13.2. The molecule has 0 aliphatic carbocycles. The highest BCUT2D eigenvalue weighted by atomic mass is 32.2. The van der Waals surface area contributed by atoms with Crippen LogP contribution in [-0.4, -0.2) is 29.6 Å². The van der Waals surface area contributed by atoms with Crippen LogP contribution in [0.5, 0.6) is 0 Å². The van der Waals surface area contributed by atoms with Crippen LogP contribution in [0.2, 0.25) is 0 Å². The number of aromatic nitrogens is 2. The Hall–Kier alpha value is -1.22. The van der Waals surface area contributed by atoms with Crippen molar-refractivity contribution in [3.63, 3.8) is 0 Å². The number of thiophene rings is 1. The van der Waals surface area contributed by atoms with Crippen molar-refractivity contribution < 1.29 is 13.5 Å². The molecule has 0 amide bonds. The van der Waals surface area contributed by atoms with E-state index in [0.717, 1.165) is 0 Å². The predicted octanol–water partition coefficient (Wildman–Crippen LogP) is 0.415. The molecule has 98 valence electrons. The van der Waals surface area contributed by atoms with Gasteiger partial charge in [-0.3, -0.25) is 0 Å². The molecule has 0 saturated heterocycles. The minimum absolute atomic E-state index is 0.153. The number of hydrogen-bond donors (Lipinski definition) is 2. The van der Waals surface area contributed by atoms with Gasteiger partial charge < -0.3 is 9.67 Å². The summed E-state index contributed by atoms with van der Waals surface area (Å²) in [5.41, 5.74) is 0. The lowest BCUT2D eigenvalue weighted by atomic mass is 10.5. The van der Waals surface area contributed by atoms with Gasteiger partial charge in [0, 0.05) is 30.4 Å². The van der Waals surface area contributed by atoms with Crippen molar-refractivity contribution >= 4 is 21.4 Å². The van der Waals surface area contributed by atoms with Crippen LogP contribution in [0, 0.1) is 0 Å². The third-order valence-corrected chi connectivity index (χ3v) is 4.94. The number of nitrogens with zero attached hydrogens (tertiary/aromatic N) is 2. The third kappa shape index (κ3) is 2.96. The molecule has 0 bridgehead atoms. The monoisotopic (exact) mass is 287 g/mol. The fourth-order valence-corrected chi connectivity index (χ4v) is 3.80. The standard InChI is InChI=1S/C10H13N3O3S2/c14-7-9-10(1-6-17-9)18(15,16)12-3-5-13-4-2-11-8-13/h1-2,4,6,8,12,14H,3,5,7H2. The van der Waals surface area contributed by atoms with E-state index in [9.17, 15) is 8.42 Å². The molecule has 2 aromatic rings. The first-order valence-electron chi connectivity index (χ1n) is 5.26. The topological polar surface area (TPSA) is 84.2 Å². The van der Waals surface area contributed by atoms with Gasteiger partial charge >= 0.3 is 0 Å². The van der Waals surface area contributed by atoms with Crippen molar-refractivity contribution in [3.05, 3.63) is 35.0 Å². The molecule has 0 unspecified atom stereocenters. The van der Waals surface area contributed by atoms with E-state index in [1.165, 1.54) is 17.4 Å². The van der Waals surface area contributed by atoms with Gasteiger partial charge in [0.2, 0.25) is 10.0 Å². The van der Waals surface area contributed by atoms with Crippen molar-refractivity contribution in [1.82, 2.24) is 14.3 Å². The third-order valence-electron chi connectivity index (χ3n) is 2.36. The van der Waals surface area contributed by atoms with E-state index in [-0.39, 0.29) is 18.0 Å². The molecule has 2 N–H and O–H groups in total. The molecule has 0 aliphatic heterocycles. The molecule has 2 heterocycles. The van der Waals surface area contributed by atoms with Gasteiger partial charge in [0.1, 0.15) is 0 Å². The van der Waals surface area contributed by atoms with Crippen LogP contribution < -0.4 is 4.72 Å². The van der Waals surface area contributed by atoms with Crippen molar-refractivity contribution in [3.8, 4) is 0 Å². The van der Waals surface area contributed by atoms with Crippen molar-refractivity contribution in [1.29, 1.82) is 0 Å². The van der Waals surface area contributed by atoms with Crippen LogP contribution >= 0.6 is 11.3 Å². The molecule has 0 saturated carbocycles. The Balaban J connectivity index is 1.99. The molecule has 2 rings (SSSR count). The Kier molecular flexibility index (Phi) is 4.12. The van der Waals surface area contributed by atoms with Crippen LogP contribution in [0.25, 0.3) is 0 Å². The molecule has 18 heavy (non-hydrogen) atoms. The average molecular weight is 287 g/mol. The van der Waals surface area contributed by atoms with E-state index < -0.39 is 10.0 Å². The fourth-order valence-electron chi connectivity index (χ4n) is 1.49. The summed E-state index contributed by atoms with van der Waals surface area (Å²) in [6, 6.07) is 1.50. The second-order valence-electron chi connectivity index (χ2n) is 3.56. The van der Waals surface area contributed by atoms with Gasteiger partial charge in [0.25, 0.3) is 0 Å². The summed E-state index contributed by atoms with van der Waals surface area (Å²) in [6.45, 7) is 0.521. The second kappa shape index (κ2) is 5.61. The first-order valence-corrected chi connectivity index (χ1v) is 7.62.